The zero-order valence-corrected chi connectivity index (χ0v) is 12.2. The van der Waals surface area contributed by atoms with Crippen LogP contribution in [0.5, 0.6) is 0 Å². The molecule has 8 heteroatoms. The van der Waals surface area contributed by atoms with Crippen LogP contribution in [0.15, 0.2) is 52.1 Å². The molecule has 3 heterocycles. The highest BCUT2D eigenvalue weighted by Crippen LogP contribution is 2.13. The van der Waals surface area contributed by atoms with Crippen molar-refractivity contribution in [3.05, 3.63) is 73.5 Å². The normalized spacial score (nSPS) is 10.9. The highest BCUT2D eigenvalue weighted by atomic mass is 79.9. The Morgan fingerprint density at radius 2 is 2.00 bits per heavy atom. The number of hydrogen-bond acceptors (Lipinski definition) is 4. The topological polar surface area (TPSA) is 82.4 Å². The van der Waals surface area contributed by atoms with Gasteiger partial charge in [0.25, 0.3) is 11.2 Å². The summed E-state index contributed by atoms with van der Waals surface area (Å²) in [5.74, 6) is 0. The number of nitro groups is 1. The molecule has 0 atom stereocenters. The summed E-state index contributed by atoms with van der Waals surface area (Å²) < 4.78 is 4.00. The second kappa shape index (κ2) is 5.13. The third kappa shape index (κ3) is 2.70. The molecular formula is C13H9BrN4O3. The number of imidazole rings is 1. The maximum Gasteiger partial charge on any atom is 0.285 e. The molecule has 3 aromatic rings. The van der Waals surface area contributed by atoms with E-state index in [9.17, 15) is 14.9 Å². The Balaban J connectivity index is 2.00. The van der Waals surface area contributed by atoms with E-state index < -0.39 is 4.92 Å². The van der Waals surface area contributed by atoms with Gasteiger partial charge in [-0.2, -0.15) is 0 Å². The number of aromatic nitrogens is 3. The highest BCUT2D eigenvalue weighted by molar-refractivity contribution is 9.10. The Morgan fingerprint density at radius 1 is 1.19 bits per heavy atom. The van der Waals surface area contributed by atoms with Gasteiger partial charge in [-0.05, 0) is 28.1 Å². The first-order valence-corrected chi connectivity index (χ1v) is 6.80. The van der Waals surface area contributed by atoms with E-state index in [0.717, 1.165) is 10.1 Å². The molecule has 0 bridgehead atoms. The Labute approximate surface area is 126 Å². The Kier molecular flexibility index (Phi) is 3.30. The van der Waals surface area contributed by atoms with Crippen molar-refractivity contribution in [3.8, 4) is 0 Å². The Bertz CT molecular complexity index is 900. The molecule has 0 radical (unpaired) electrons. The molecule has 7 nitrogen and oxygen atoms in total. The van der Waals surface area contributed by atoms with Crippen molar-refractivity contribution in [1.29, 1.82) is 0 Å². The molecule has 0 aromatic carbocycles. The van der Waals surface area contributed by atoms with Gasteiger partial charge in [0.2, 0.25) is 0 Å². The molecule has 3 aromatic heterocycles. The van der Waals surface area contributed by atoms with Gasteiger partial charge in [-0.25, -0.2) is 4.98 Å². The summed E-state index contributed by atoms with van der Waals surface area (Å²) >= 11 is 3.37. The van der Waals surface area contributed by atoms with Gasteiger partial charge in [-0.1, -0.05) is 0 Å². The van der Waals surface area contributed by atoms with E-state index in [1.54, 1.807) is 6.20 Å². The molecule has 0 spiro atoms. The number of hydrogen-bond donors (Lipinski definition) is 0. The van der Waals surface area contributed by atoms with E-state index in [-0.39, 0.29) is 17.8 Å². The third-order valence-electron chi connectivity index (χ3n) is 2.98. The van der Waals surface area contributed by atoms with Crippen molar-refractivity contribution in [1.82, 2.24) is 14.0 Å². The van der Waals surface area contributed by atoms with Gasteiger partial charge in [0.05, 0.1) is 23.4 Å². The minimum Gasteiger partial charge on any atom is -0.306 e. The van der Waals surface area contributed by atoms with Crippen molar-refractivity contribution < 1.29 is 4.92 Å². The molecular weight excluding hydrogens is 340 g/mol. The van der Waals surface area contributed by atoms with Crippen molar-refractivity contribution >= 4 is 27.3 Å². The monoisotopic (exact) mass is 348 g/mol. The first-order chi connectivity index (χ1) is 10.0. The van der Waals surface area contributed by atoms with Crippen LogP contribution in [0.2, 0.25) is 0 Å². The lowest BCUT2D eigenvalue weighted by atomic mass is 10.4. The fraction of sp³-hybridized carbons (Fsp3) is 0.0769. The fourth-order valence-electron chi connectivity index (χ4n) is 2.02. The molecule has 0 aliphatic rings. The average Bonchev–Trinajstić information content (AvgIpc) is 2.82. The van der Waals surface area contributed by atoms with Crippen LogP contribution in [-0.4, -0.2) is 18.9 Å². The van der Waals surface area contributed by atoms with E-state index in [4.69, 9.17) is 0 Å². The van der Waals surface area contributed by atoms with Gasteiger partial charge < -0.3 is 8.97 Å². The first kappa shape index (κ1) is 13.5. The lowest BCUT2D eigenvalue weighted by Gasteiger charge is -2.01. The van der Waals surface area contributed by atoms with Crippen molar-refractivity contribution in [2.45, 2.75) is 6.54 Å². The lowest BCUT2D eigenvalue weighted by molar-refractivity contribution is -0.385. The fourth-order valence-corrected chi connectivity index (χ4v) is 2.37. The van der Waals surface area contributed by atoms with Gasteiger partial charge in [0, 0.05) is 29.0 Å². The summed E-state index contributed by atoms with van der Waals surface area (Å²) in [5, 5.41) is 10.8. The molecule has 0 N–H and O–H groups in total. The summed E-state index contributed by atoms with van der Waals surface area (Å²) in [4.78, 5) is 26.4. The summed E-state index contributed by atoms with van der Waals surface area (Å²) in [7, 11) is 0. The highest BCUT2D eigenvalue weighted by Gasteiger charge is 2.09. The summed E-state index contributed by atoms with van der Waals surface area (Å²) in [6.45, 7) is 0.180. The number of halogens is 1. The second-order valence-corrected chi connectivity index (χ2v) is 5.37. The number of nitrogens with zero attached hydrogens (tertiary/aromatic N) is 4. The zero-order chi connectivity index (χ0) is 15.0. The SMILES string of the molecule is O=c1ccc([N+](=O)[O-])cn1Cc1cn2cc(Br)ccc2n1. The van der Waals surface area contributed by atoms with E-state index >= 15 is 0 Å². The number of rotatable bonds is 3. The van der Waals surface area contributed by atoms with Crippen LogP contribution >= 0.6 is 15.9 Å². The summed E-state index contributed by atoms with van der Waals surface area (Å²) in [6.07, 6.45) is 4.86. The molecule has 0 aliphatic carbocycles. The van der Waals surface area contributed by atoms with Gasteiger partial charge >= 0.3 is 0 Å². The van der Waals surface area contributed by atoms with Crippen LogP contribution in [0.1, 0.15) is 5.69 Å². The lowest BCUT2D eigenvalue weighted by Crippen LogP contribution is -2.19. The predicted molar refractivity (Wildman–Crippen MR) is 79.4 cm³/mol. The van der Waals surface area contributed by atoms with Crippen LogP contribution in [0.25, 0.3) is 5.65 Å². The molecule has 0 saturated carbocycles. The zero-order valence-electron chi connectivity index (χ0n) is 10.6. The van der Waals surface area contributed by atoms with E-state index in [1.165, 1.54) is 22.9 Å². The quantitative estimate of drug-likeness (QED) is 0.536. The van der Waals surface area contributed by atoms with Crippen LogP contribution in [0.3, 0.4) is 0 Å². The molecule has 0 fully saturated rings. The summed E-state index contributed by atoms with van der Waals surface area (Å²) in [5.41, 5.74) is 0.960. The van der Waals surface area contributed by atoms with Crippen LogP contribution in [0, 0.1) is 10.1 Å². The Morgan fingerprint density at radius 3 is 2.76 bits per heavy atom. The molecule has 0 unspecified atom stereocenters. The molecule has 0 amide bonds. The number of pyridine rings is 2. The largest absolute Gasteiger partial charge is 0.306 e. The van der Waals surface area contributed by atoms with Crippen LogP contribution in [-0.2, 0) is 6.54 Å². The van der Waals surface area contributed by atoms with E-state index in [2.05, 4.69) is 20.9 Å². The van der Waals surface area contributed by atoms with Crippen molar-refractivity contribution in [2.24, 2.45) is 0 Å². The second-order valence-electron chi connectivity index (χ2n) is 4.46. The van der Waals surface area contributed by atoms with Gasteiger partial charge in [0.15, 0.2) is 0 Å². The van der Waals surface area contributed by atoms with Gasteiger partial charge in [0.1, 0.15) is 5.65 Å². The molecule has 0 saturated heterocycles. The molecule has 21 heavy (non-hydrogen) atoms. The van der Waals surface area contributed by atoms with Gasteiger partial charge in [-0.3, -0.25) is 14.9 Å². The van der Waals surface area contributed by atoms with E-state index in [1.807, 2.05) is 22.7 Å². The molecule has 3 rings (SSSR count). The smallest absolute Gasteiger partial charge is 0.285 e. The van der Waals surface area contributed by atoms with Crippen LogP contribution < -0.4 is 5.56 Å². The minimum absolute atomic E-state index is 0.124. The van der Waals surface area contributed by atoms with Crippen LogP contribution in [0.4, 0.5) is 5.69 Å². The summed E-state index contributed by atoms with van der Waals surface area (Å²) in [6, 6.07) is 6.08. The first-order valence-electron chi connectivity index (χ1n) is 6.01. The maximum absolute atomic E-state index is 11.8. The third-order valence-corrected chi connectivity index (χ3v) is 3.44. The Hall–Kier alpha value is -2.48. The van der Waals surface area contributed by atoms with Gasteiger partial charge in [-0.15, -0.1) is 0 Å². The number of fused-ring (bicyclic) bond motifs is 1. The van der Waals surface area contributed by atoms with E-state index in [0.29, 0.717) is 5.69 Å². The predicted octanol–water partition coefficient (Wildman–Crippen LogP) is 2.21. The van der Waals surface area contributed by atoms with Crippen molar-refractivity contribution in [2.75, 3.05) is 0 Å². The minimum atomic E-state index is -0.531. The molecule has 106 valence electrons. The standard InChI is InChI=1S/C13H9BrN4O3/c14-9-1-3-12-15-10(6-16(12)5-9)7-17-8-11(18(20)21)2-4-13(17)19/h1-6,8H,7H2. The maximum atomic E-state index is 11.8. The molecule has 0 aliphatic heterocycles. The van der Waals surface area contributed by atoms with Crippen molar-refractivity contribution in [3.63, 3.8) is 0 Å². The average molecular weight is 349 g/mol.